The molecule has 5 rings (SSSR count). The Labute approximate surface area is 156 Å². The number of carbonyl (C=O) groups is 3. The first-order valence-corrected chi connectivity index (χ1v) is 9.17. The molecule has 1 unspecified atom stereocenters. The van der Waals surface area contributed by atoms with Gasteiger partial charge in [-0.05, 0) is 43.0 Å². The Balaban J connectivity index is 1.67. The number of amides is 3. The van der Waals surface area contributed by atoms with Crippen LogP contribution in [0.4, 0.5) is 10.5 Å². The van der Waals surface area contributed by atoms with Gasteiger partial charge in [-0.25, -0.2) is 14.5 Å². The Hall–Kier alpha value is -3.15. The number of ether oxygens (including phenoxy) is 1. The summed E-state index contributed by atoms with van der Waals surface area (Å²) in [7, 11) is 0. The minimum absolute atomic E-state index is 0.0969. The average molecular weight is 362 g/mol. The largest absolute Gasteiger partial charge is 0.421 e. The summed E-state index contributed by atoms with van der Waals surface area (Å²) in [5, 5.41) is 0. The lowest BCUT2D eigenvalue weighted by Crippen LogP contribution is -2.48. The summed E-state index contributed by atoms with van der Waals surface area (Å²) >= 11 is 0. The number of hydrogen-bond donors (Lipinski definition) is 0. The zero-order chi connectivity index (χ0) is 18.8. The van der Waals surface area contributed by atoms with E-state index in [1.807, 2.05) is 19.1 Å². The summed E-state index contributed by atoms with van der Waals surface area (Å²) in [6, 6.07) is 13.6. The van der Waals surface area contributed by atoms with E-state index in [1.54, 1.807) is 36.4 Å². The lowest BCUT2D eigenvalue weighted by molar-refractivity contribution is -0.148. The highest BCUT2D eigenvalue weighted by Crippen LogP contribution is 2.50. The monoisotopic (exact) mass is 362 g/mol. The summed E-state index contributed by atoms with van der Waals surface area (Å²) in [4.78, 5) is 41.9. The summed E-state index contributed by atoms with van der Waals surface area (Å²) < 4.78 is 5.65. The predicted octanol–water partition coefficient (Wildman–Crippen LogP) is 3.20. The number of carbonyl (C=O) groups excluding carboxylic acids is 3. The molecule has 0 aromatic heterocycles. The second kappa shape index (κ2) is 5.42. The molecule has 0 N–H and O–H groups in total. The van der Waals surface area contributed by atoms with Crippen LogP contribution in [0.25, 0.3) is 0 Å². The Bertz CT molecular complexity index is 980. The van der Waals surface area contributed by atoms with Gasteiger partial charge < -0.3 is 4.74 Å². The zero-order valence-electron chi connectivity index (χ0n) is 14.8. The van der Waals surface area contributed by atoms with Gasteiger partial charge in [-0.2, -0.15) is 0 Å². The highest BCUT2D eigenvalue weighted by molar-refractivity contribution is 6.24. The smallest absolute Gasteiger partial charge is 0.341 e. The topological polar surface area (TPSA) is 66.9 Å². The lowest BCUT2D eigenvalue weighted by atomic mass is 9.98. The molecule has 6 nitrogen and oxygen atoms in total. The van der Waals surface area contributed by atoms with E-state index in [1.165, 1.54) is 4.90 Å². The van der Waals surface area contributed by atoms with Crippen molar-refractivity contribution in [3.05, 3.63) is 65.2 Å². The third-order valence-corrected chi connectivity index (χ3v) is 5.50. The molecule has 1 spiro atoms. The van der Waals surface area contributed by atoms with Crippen molar-refractivity contribution in [2.75, 3.05) is 4.90 Å². The molecule has 0 radical (unpaired) electrons. The molecule has 1 saturated heterocycles. The Kier molecular flexibility index (Phi) is 3.22. The van der Waals surface area contributed by atoms with Crippen LogP contribution in [0.5, 0.6) is 0 Å². The molecule has 1 aliphatic carbocycles. The molecule has 1 atom stereocenters. The Morgan fingerprint density at radius 3 is 2.41 bits per heavy atom. The lowest BCUT2D eigenvalue weighted by Gasteiger charge is -2.30. The first-order valence-electron chi connectivity index (χ1n) is 9.17. The van der Waals surface area contributed by atoms with Gasteiger partial charge in [-0.3, -0.25) is 9.69 Å². The number of esters is 1. The van der Waals surface area contributed by atoms with Gasteiger partial charge in [0.1, 0.15) is 0 Å². The van der Waals surface area contributed by atoms with Crippen LogP contribution >= 0.6 is 0 Å². The maximum Gasteiger partial charge on any atom is 0.341 e. The molecule has 2 aromatic carbocycles. The van der Waals surface area contributed by atoms with Gasteiger partial charge in [0.2, 0.25) is 0 Å². The number of nitrogens with zero attached hydrogens (tertiary/aromatic N) is 2. The third-order valence-electron chi connectivity index (χ3n) is 5.50. The number of rotatable bonds is 3. The molecule has 2 aromatic rings. The maximum absolute atomic E-state index is 13.5. The van der Waals surface area contributed by atoms with E-state index in [-0.39, 0.29) is 6.04 Å². The third kappa shape index (κ3) is 2.04. The van der Waals surface area contributed by atoms with E-state index in [2.05, 4.69) is 0 Å². The molecular formula is C21H18N2O4. The number of imide groups is 1. The molecule has 3 amide bonds. The number of benzene rings is 2. The van der Waals surface area contributed by atoms with Crippen LogP contribution in [-0.2, 0) is 21.7 Å². The van der Waals surface area contributed by atoms with Gasteiger partial charge >= 0.3 is 17.9 Å². The molecule has 0 bridgehead atoms. The standard InChI is InChI=1S/C21H18N2O4/c1-2-13-7-9-14(10-8-13)22-19(25)21(23(20(22)26)15-11-12-15)17-6-4-3-5-16(17)18(24)27-21/h3-10,15H,2,11-12H2,1H3. The average Bonchev–Trinajstić information content (AvgIpc) is 3.44. The number of anilines is 1. The second-order valence-corrected chi connectivity index (χ2v) is 7.12. The van der Waals surface area contributed by atoms with E-state index in [0.717, 1.165) is 29.7 Å². The van der Waals surface area contributed by atoms with Crippen molar-refractivity contribution in [1.82, 2.24) is 4.90 Å². The molecule has 136 valence electrons. The number of hydrogen-bond acceptors (Lipinski definition) is 4. The first kappa shape index (κ1) is 16.1. The van der Waals surface area contributed by atoms with Gasteiger partial charge in [0.15, 0.2) is 0 Å². The van der Waals surface area contributed by atoms with Crippen LogP contribution in [0.1, 0.15) is 41.3 Å². The van der Waals surface area contributed by atoms with E-state index in [4.69, 9.17) is 4.74 Å². The van der Waals surface area contributed by atoms with Crippen LogP contribution in [-0.4, -0.2) is 28.8 Å². The van der Waals surface area contributed by atoms with Crippen LogP contribution in [0.2, 0.25) is 0 Å². The molecule has 3 aliphatic rings. The Morgan fingerprint density at radius 1 is 1.04 bits per heavy atom. The van der Waals surface area contributed by atoms with Crippen LogP contribution in [0.15, 0.2) is 48.5 Å². The highest BCUT2D eigenvalue weighted by Gasteiger charge is 2.68. The van der Waals surface area contributed by atoms with Gasteiger partial charge in [0, 0.05) is 11.6 Å². The van der Waals surface area contributed by atoms with Crippen molar-refractivity contribution in [1.29, 1.82) is 0 Å². The van der Waals surface area contributed by atoms with Gasteiger partial charge in [0.25, 0.3) is 5.72 Å². The summed E-state index contributed by atoms with van der Waals surface area (Å²) in [6.45, 7) is 2.04. The summed E-state index contributed by atoms with van der Waals surface area (Å²) in [6.07, 6.45) is 2.46. The molecule has 2 fully saturated rings. The van der Waals surface area contributed by atoms with E-state index >= 15 is 0 Å². The van der Waals surface area contributed by atoms with E-state index in [9.17, 15) is 14.4 Å². The summed E-state index contributed by atoms with van der Waals surface area (Å²) in [5.74, 6) is -1.09. The zero-order valence-corrected chi connectivity index (χ0v) is 14.8. The minimum atomic E-state index is -1.69. The van der Waals surface area contributed by atoms with Gasteiger partial charge in [0.05, 0.1) is 11.3 Å². The molecule has 2 heterocycles. The SMILES string of the molecule is CCc1ccc(N2C(=O)N(C3CC3)C3(OC(=O)c4ccccc43)C2=O)cc1. The quantitative estimate of drug-likeness (QED) is 0.621. The highest BCUT2D eigenvalue weighted by atomic mass is 16.6. The van der Waals surface area contributed by atoms with Crippen molar-refractivity contribution < 1.29 is 19.1 Å². The van der Waals surface area contributed by atoms with Crippen molar-refractivity contribution in [2.24, 2.45) is 0 Å². The molecular weight excluding hydrogens is 344 g/mol. The predicted molar refractivity (Wildman–Crippen MR) is 97.1 cm³/mol. The van der Waals surface area contributed by atoms with Crippen molar-refractivity contribution in [3.63, 3.8) is 0 Å². The summed E-state index contributed by atoms with van der Waals surface area (Å²) in [5.41, 5.74) is 0.713. The molecule has 2 aliphatic heterocycles. The number of urea groups is 1. The van der Waals surface area contributed by atoms with E-state index < -0.39 is 23.6 Å². The van der Waals surface area contributed by atoms with Crippen molar-refractivity contribution in [3.8, 4) is 0 Å². The fraction of sp³-hybridized carbons (Fsp3) is 0.286. The van der Waals surface area contributed by atoms with Crippen LogP contribution in [0.3, 0.4) is 0 Å². The van der Waals surface area contributed by atoms with Gasteiger partial charge in [-0.1, -0.05) is 37.3 Å². The van der Waals surface area contributed by atoms with Crippen LogP contribution < -0.4 is 4.90 Å². The Morgan fingerprint density at radius 2 is 1.74 bits per heavy atom. The number of aryl methyl sites for hydroxylation is 1. The van der Waals surface area contributed by atoms with E-state index in [0.29, 0.717) is 16.8 Å². The molecule has 1 saturated carbocycles. The van der Waals surface area contributed by atoms with Crippen molar-refractivity contribution >= 4 is 23.6 Å². The van der Waals surface area contributed by atoms with Crippen LogP contribution in [0, 0.1) is 0 Å². The van der Waals surface area contributed by atoms with Crippen molar-refractivity contribution in [2.45, 2.75) is 38.0 Å². The molecule has 6 heteroatoms. The van der Waals surface area contributed by atoms with Gasteiger partial charge in [-0.15, -0.1) is 0 Å². The fourth-order valence-corrected chi connectivity index (χ4v) is 3.98. The maximum atomic E-state index is 13.5. The fourth-order valence-electron chi connectivity index (χ4n) is 3.98. The first-order chi connectivity index (χ1) is 13.1. The normalized spacial score (nSPS) is 24.0. The number of fused-ring (bicyclic) bond motifs is 2. The molecule has 27 heavy (non-hydrogen) atoms. The minimum Gasteiger partial charge on any atom is -0.421 e. The second-order valence-electron chi connectivity index (χ2n) is 7.12.